The van der Waals surface area contributed by atoms with Crippen LogP contribution in [0.25, 0.3) is 11.5 Å². The van der Waals surface area contributed by atoms with Crippen molar-refractivity contribution in [1.82, 2.24) is 10.1 Å². The van der Waals surface area contributed by atoms with E-state index in [2.05, 4.69) is 15.5 Å². The van der Waals surface area contributed by atoms with Crippen molar-refractivity contribution in [2.45, 2.75) is 40.2 Å². The molecule has 0 saturated heterocycles. The summed E-state index contributed by atoms with van der Waals surface area (Å²) >= 11 is 0. The number of pyridine rings is 1. The van der Waals surface area contributed by atoms with E-state index in [0.717, 1.165) is 0 Å². The number of aromatic nitrogens is 2. The fourth-order valence-electron chi connectivity index (χ4n) is 2.03. The van der Waals surface area contributed by atoms with Gasteiger partial charge in [0.15, 0.2) is 5.76 Å². The van der Waals surface area contributed by atoms with Gasteiger partial charge in [-0.2, -0.15) is 0 Å². The lowest BCUT2D eigenvalue weighted by Crippen LogP contribution is -2.27. The number of carboxylic acid groups (broad SMARTS) is 1. The fourth-order valence-corrected chi connectivity index (χ4v) is 2.03. The van der Waals surface area contributed by atoms with Crippen molar-refractivity contribution >= 4 is 17.7 Å². The van der Waals surface area contributed by atoms with E-state index in [9.17, 15) is 14.7 Å². The molecule has 24 heavy (non-hydrogen) atoms. The van der Waals surface area contributed by atoms with Crippen LogP contribution in [0.2, 0.25) is 0 Å². The number of anilines is 1. The van der Waals surface area contributed by atoms with Crippen LogP contribution in [0.3, 0.4) is 0 Å². The normalized spacial score (nSPS) is 11.2. The lowest BCUT2D eigenvalue weighted by molar-refractivity contribution is 0.0634. The number of hydrogen-bond donors (Lipinski definition) is 2. The fraction of sp³-hybridized carbons (Fsp3) is 0.375. The molecule has 0 aliphatic carbocycles. The minimum Gasteiger partial charge on any atom is -0.477 e. The van der Waals surface area contributed by atoms with E-state index in [-0.39, 0.29) is 17.0 Å². The molecule has 0 atom stereocenters. The summed E-state index contributed by atoms with van der Waals surface area (Å²) in [5.41, 5.74) is 0.895. The summed E-state index contributed by atoms with van der Waals surface area (Å²) in [6, 6.07) is 3.15. The number of aryl methyl sites for hydroxylation is 2. The molecular formula is C16H19N3O5. The molecule has 128 valence electrons. The van der Waals surface area contributed by atoms with Crippen molar-refractivity contribution in [3.8, 4) is 11.5 Å². The van der Waals surface area contributed by atoms with E-state index in [1.807, 2.05) is 0 Å². The highest BCUT2D eigenvalue weighted by molar-refractivity contribution is 5.95. The Morgan fingerprint density at radius 1 is 1.21 bits per heavy atom. The maximum absolute atomic E-state index is 11.8. The first-order valence-electron chi connectivity index (χ1n) is 7.26. The van der Waals surface area contributed by atoms with Crippen LogP contribution >= 0.6 is 0 Å². The Kier molecular flexibility index (Phi) is 4.59. The van der Waals surface area contributed by atoms with Crippen molar-refractivity contribution in [2.75, 3.05) is 5.32 Å². The van der Waals surface area contributed by atoms with Gasteiger partial charge in [-0.1, -0.05) is 5.16 Å². The highest BCUT2D eigenvalue weighted by Gasteiger charge is 2.23. The molecule has 0 fully saturated rings. The number of aromatic carboxylic acids is 1. The molecule has 0 aliphatic rings. The number of hydrogen-bond acceptors (Lipinski definition) is 6. The zero-order chi connectivity index (χ0) is 18.1. The van der Waals surface area contributed by atoms with Crippen molar-refractivity contribution in [2.24, 2.45) is 0 Å². The molecule has 2 N–H and O–H groups in total. The molecule has 0 spiro atoms. The van der Waals surface area contributed by atoms with Crippen molar-refractivity contribution < 1.29 is 24.0 Å². The average Bonchev–Trinajstić information content (AvgIpc) is 2.81. The summed E-state index contributed by atoms with van der Waals surface area (Å²) in [7, 11) is 0. The van der Waals surface area contributed by atoms with Crippen LogP contribution in [0, 0.1) is 13.8 Å². The van der Waals surface area contributed by atoms with Crippen molar-refractivity contribution in [3.05, 3.63) is 29.1 Å². The van der Waals surface area contributed by atoms with Gasteiger partial charge >= 0.3 is 12.1 Å². The molecular weight excluding hydrogens is 314 g/mol. The molecule has 2 aromatic heterocycles. The van der Waals surface area contributed by atoms with Gasteiger partial charge in [0, 0.05) is 0 Å². The topological polar surface area (TPSA) is 115 Å². The van der Waals surface area contributed by atoms with Gasteiger partial charge in [-0.15, -0.1) is 0 Å². The van der Waals surface area contributed by atoms with Crippen LogP contribution < -0.4 is 5.32 Å². The van der Waals surface area contributed by atoms with Crippen LogP contribution in [0.15, 0.2) is 16.7 Å². The summed E-state index contributed by atoms with van der Waals surface area (Å²) in [5, 5.41) is 15.5. The average molecular weight is 333 g/mol. The van der Waals surface area contributed by atoms with Gasteiger partial charge in [-0.25, -0.2) is 14.6 Å². The smallest absolute Gasteiger partial charge is 0.412 e. The lowest BCUT2D eigenvalue weighted by atomic mass is 10.1. The second-order valence-electron chi connectivity index (χ2n) is 6.23. The SMILES string of the molecule is Cc1nc(-c2onc(C)c2C(=O)O)ccc1NC(=O)OC(C)(C)C. The zero-order valence-corrected chi connectivity index (χ0v) is 14.1. The van der Waals surface area contributed by atoms with Gasteiger partial charge < -0.3 is 14.4 Å². The third-order valence-corrected chi connectivity index (χ3v) is 3.03. The first-order chi connectivity index (χ1) is 11.1. The minimum atomic E-state index is -1.14. The predicted molar refractivity (Wildman–Crippen MR) is 86.0 cm³/mol. The largest absolute Gasteiger partial charge is 0.477 e. The molecule has 0 radical (unpaired) electrons. The van der Waals surface area contributed by atoms with Gasteiger partial charge in [0.25, 0.3) is 0 Å². The molecule has 0 saturated carbocycles. The minimum absolute atomic E-state index is 0.0326. The molecule has 0 aromatic carbocycles. The van der Waals surface area contributed by atoms with Crippen LogP contribution in [0.1, 0.15) is 42.5 Å². The molecule has 1 amide bonds. The monoisotopic (exact) mass is 333 g/mol. The highest BCUT2D eigenvalue weighted by Crippen LogP contribution is 2.27. The second kappa shape index (κ2) is 6.31. The zero-order valence-electron chi connectivity index (χ0n) is 14.1. The summed E-state index contributed by atoms with van der Waals surface area (Å²) in [4.78, 5) is 27.4. The molecule has 0 aliphatic heterocycles. The molecule has 0 unspecified atom stereocenters. The third kappa shape index (κ3) is 3.89. The number of amides is 1. The number of ether oxygens (including phenoxy) is 1. The summed E-state index contributed by atoms with van der Waals surface area (Å²) < 4.78 is 10.3. The van der Waals surface area contributed by atoms with Crippen LogP contribution in [-0.2, 0) is 4.74 Å². The van der Waals surface area contributed by atoms with Gasteiger partial charge in [0.05, 0.1) is 17.1 Å². The highest BCUT2D eigenvalue weighted by atomic mass is 16.6. The standard InChI is InChI=1S/C16H19N3O5/c1-8-10(18-15(22)23-16(3,4)5)6-7-11(17-8)13-12(14(20)21)9(2)19-24-13/h6-7H,1-5H3,(H,18,22)(H,20,21). The van der Waals surface area contributed by atoms with Crippen LogP contribution in [0.5, 0.6) is 0 Å². The van der Waals surface area contributed by atoms with Gasteiger partial charge in [-0.3, -0.25) is 5.32 Å². The summed E-state index contributed by atoms with van der Waals surface area (Å²) in [6.07, 6.45) is -0.595. The molecule has 0 bridgehead atoms. The number of rotatable bonds is 3. The molecule has 8 heteroatoms. The quantitative estimate of drug-likeness (QED) is 0.884. The van der Waals surface area contributed by atoms with Crippen LogP contribution in [-0.4, -0.2) is 32.9 Å². The Morgan fingerprint density at radius 2 is 1.88 bits per heavy atom. The first-order valence-corrected chi connectivity index (χ1v) is 7.26. The Bertz CT molecular complexity index is 789. The first kappa shape index (κ1) is 17.5. The maximum Gasteiger partial charge on any atom is 0.412 e. The number of carboxylic acids is 1. The Morgan fingerprint density at radius 3 is 2.42 bits per heavy atom. The van der Waals surface area contributed by atoms with Crippen molar-refractivity contribution in [1.29, 1.82) is 0 Å². The van der Waals surface area contributed by atoms with Crippen LogP contribution in [0.4, 0.5) is 10.5 Å². The van der Waals surface area contributed by atoms with E-state index in [1.165, 1.54) is 0 Å². The van der Waals surface area contributed by atoms with Gasteiger partial charge in [0.1, 0.15) is 16.9 Å². The Balaban J connectivity index is 2.28. The molecule has 2 heterocycles. The molecule has 2 aromatic rings. The predicted octanol–water partition coefficient (Wildman–Crippen LogP) is 3.40. The van der Waals surface area contributed by atoms with E-state index >= 15 is 0 Å². The summed E-state index contributed by atoms with van der Waals surface area (Å²) in [5.74, 6) is -1.06. The van der Waals surface area contributed by atoms with Gasteiger partial charge in [0.2, 0.25) is 0 Å². The van der Waals surface area contributed by atoms with E-state index < -0.39 is 17.7 Å². The lowest BCUT2D eigenvalue weighted by Gasteiger charge is -2.20. The number of nitrogens with one attached hydrogen (secondary N) is 1. The Labute approximate surface area is 138 Å². The van der Waals surface area contributed by atoms with E-state index in [4.69, 9.17) is 9.26 Å². The maximum atomic E-state index is 11.8. The van der Waals surface area contributed by atoms with E-state index in [1.54, 1.807) is 46.8 Å². The third-order valence-electron chi connectivity index (χ3n) is 3.03. The number of carbonyl (C=O) groups is 2. The second-order valence-corrected chi connectivity index (χ2v) is 6.23. The Hall–Kier alpha value is -2.90. The number of nitrogens with zero attached hydrogens (tertiary/aromatic N) is 2. The van der Waals surface area contributed by atoms with Gasteiger partial charge in [-0.05, 0) is 46.8 Å². The number of carbonyl (C=O) groups excluding carboxylic acids is 1. The summed E-state index contributed by atoms with van der Waals surface area (Å²) in [6.45, 7) is 8.52. The van der Waals surface area contributed by atoms with E-state index in [0.29, 0.717) is 17.1 Å². The molecule has 2 rings (SSSR count). The van der Waals surface area contributed by atoms with Crippen molar-refractivity contribution in [3.63, 3.8) is 0 Å². The molecule has 8 nitrogen and oxygen atoms in total.